The van der Waals surface area contributed by atoms with Gasteiger partial charge in [-0.05, 0) is 13.3 Å². The van der Waals surface area contributed by atoms with Crippen LogP contribution in [0, 0.1) is 0 Å². The van der Waals surface area contributed by atoms with Crippen LogP contribution in [0.1, 0.15) is 26.7 Å². The third kappa shape index (κ3) is 2.22. The maximum atomic E-state index is 10.7. The normalized spacial score (nSPS) is 24.8. The Bertz CT molecular complexity index is 202. The van der Waals surface area contributed by atoms with E-state index in [1.807, 2.05) is 6.92 Å². The van der Waals surface area contributed by atoms with Crippen molar-refractivity contribution >= 4 is 11.9 Å². The van der Waals surface area contributed by atoms with Gasteiger partial charge in [-0.15, -0.1) is 0 Å². The van der Waals surface area contributed by atoms with Gasteiger partial charge in [-0.2, -0.15) is 0 Å². The lowest BCUT2D eigenvalue weighted by atomic mass is 10.1. The minimum atomic E-state index is -0.169. The molecular formula is C8H13NO3. The summed E-state index contributed by atoms with van der Waals surface area (Å²) in [5.41, 5.74) is 0. The summed E-state index contributed by atoms with van der Waals surface area (Å²) in [5.74, 6) is -0.261. The van der Waals surface area contributed by atoms with E-state index in [0.717, 1.165) is 0 Å². The van der Waals surface area contributed by atoms with Gasteiger partial charge in [-0.3, -0.25) is 9.59 Å². The SMILES string of the molecule is CC(=O)NC(C)C1CCC(=O)O1. The fourth-order valence-corrected chi connectivity index (χ4v) is 1.31. The molecule has 1 aliphatic heterocycles. The van der Waals surface area contributed by atoms with Gasteiger partial charge >= 0.3 is 5.97 Å². The van der Waals surface area contributed by atoms with Crippen molar-refractivity contribution in [1.82, 2.24) is 5.32 Å². The average molecular weight is 171 g/mol. The maximum Gasteiger partial charge on any atom is 0.306 e. The van der Waals surface area contributed by atoms with Crippen LogP contribution < -0.4 is 5.32 Å². The van der Waals surface area contributed by atoms with Gasteiger partial charge < -0.3 is 10.1 Å². The van der Waals surface area contributed by atoms with Crippen LogP contribution in [0.25, 0.3) is 0 Å². The molecule has 0 aromatic carbocycles. The van der Waals surface area contributed by atoms with Gasteiger partial charge in [-0.1, -0.05) is 0 Å². The quantitative estimate of drug-likeness (QED) is 0.604. The first-order chi connectivity index (χ1) is 5.59. The van der Waals surface area contributed by atoms with Crippen LogP contribution in [-0.4, -0.2) is 24.0 Å². The minimum absolute atomic E-state index is 0.0750. The summed E-state index contributed by atoms with van der Waals surface area (Å²) in [6.07, 6.45) is 1.04. The second-order valence-electron chi connectivity index (χ2n) is 3.06. The molecule has 0 aromatic rings. The predicted molar refractivity (Wildman–Crippen MR) is 42.4 cm³/mol. The number of nitrogens with one attached hydrogen (secondary N) is 1. The Morgan fingerprint density at radius 3 is 2.83 bits per heavy atom. The second-order valence-corrected chi connectivity index (χ2v) is 3.06. The van der Waals surface area contributed by atoms with Crippen LogP contribution in [-0.2, 0) is 14.3 Å². The van der Waals surface area contributed by atoms with Gasteiger partial charge in [0.15, 0.2) is 0 Å². The van der Waals surface area contributed by atoms with Gasteiger partial charge in [-0.25, -0.2) is 0 Å². The monoisotopic (exact) mass is 171 g/mol. The van der Waals surface area contributed by atoms with Crippen molar-refractivity contribution < 1.29 is 14.3 Å². The molecule has 68 valence electrons. The number of hydrogen-bond donors (Lipinski definition) is 1. The minimum Gasteiger partial charge on any atom is -0.460 e. The highest BCUT2D eigenvalue weighted by Crippen LogP contribution is 2.16. The van der Waals surface area contributed by atoms with Crippen LogP contribution in [0.2, 0.25) is 0 Å². The van der Waals surface area contributed by atoms with E-state index in [9.17, 15) is 9.59 Å². The largest absolute Gasteiger partial charge is 0.460 e. The molecule has 1 fully saturated rings. The molecule has 0 spiro atoms. The van der Waals surface area contributed by atoms with Gasteiger partial charge in [0.05, 0.1) is 6.04 Å². The van der Waals surface area contributed by atoms with Crippen LogP contribution >= 0.6 is 0 Å². The predicted octanol–water partition coefficient (Wildman–Crippen LogP) is 0.217. The van der Waals surface area contributed by atoms with Crippen molar-refractivity contribution in [3.05, 3.63) is 0 Å². The van der Waals surface area contributed by atoms with E-state index in [1.54, 1.807) is 0 Å². The van der Waals surface area contributed by atoms with Crippen LogP contribution in [0.15, 0.2) is 0 Å². The Morgan fingerprint density at radius 1 is 1.75 bits per heavy atom. The van der Waals surface area contributed by atoms with Crippen molar-refractivity contribution in [2.45, 2.75) is 38.8 Å². The lowest BCUT2D eigenvalue weighted by Gasteiger charge is -2.18. The topological polar surface area (TPSA) is 55.4 Å². The summed E-state index contributed by atoms with van der Waals surface area (Å²) in [4.78, 5) is 21.3. The highest BCUT2D eigenvalue weighted by molar-refractivity contribution is 5.74. The molecule has 4 nitrogen and oxygen atoms in total. The number of carbonyl (C=O) groups excluding carboxylic acids is 2. The summed E-state index contributed by atoms with van der Waals surface area (Å²) in [5, 5.41) is 2.69. The Morgan fingerprint density at radius 2 is 2.42 bits per heavy atom. The van der Waals surface area contributed by atoms with Crippen molar-refractivity contribution in [2.75, 3.05) is 0 Å². The number of ether oxygens (including phenoxy) is 1. The fraction of sp³-hybridized carbons (Fsp3) is 0.750. The molecule has 0 bridgehead atoms. The molecule has 2 atom stereocenters. The third-order valence-corrected chi connectivity index (χ3v) is 1.90. The van der Waals surface area contributed by atoms with Crippen molar-refractivity contribution in [3.63, 3.8) is 0 Å². The standard InChI is InChI=1S/C8H13NO3/c1-5(9-6(2)10)7-3-4-8(11)12-7/h5,7H,3-4H2,1-2H3,(H,9,10). The van der Waals surface area contributed by atoms with E-state index < -0.39 is 0 Å². The molecular weight excluding hydrogens is 158 g/mol. The molecule has 2 unspecified atom stereocenters. The van der Waals surface area contributed by atoms with Gasteiger partial charge in [0.2, 0.25) is 5.91 Å². The number of esters is 1. The van der Waals surface area contributed by atoms with E-state index in [4.69, 9.17) is 4.74 Å². The van der Waals surface area contributed by atoms with E-state index in [1.165, 1.54) is 6.92 Å². The first-order valence-electron chi connectivity index (χ1n) is 4.06. The lowest BCUT2D eigenvalue weighted by molar-refractivity contribution is -0.143. The van der Waals surface area contributed by atoms with Crippen molar-refractivity contribution in [2.24, 2.45) is 0 Å². The molecule has 12 heavy (non-hydrogen) atoms. The van der Waals surface area contributed by atoms with Crippen LogP contribution in [0.5, 0.6) is 0 Å². The molecule has 1 saturated heterocycles. The van der Waals surface area contributed by atoms with Gasteiger partial charge in [0, 0.05) is 13.3 Å². The molecule has 0 saturated carbocycles. The summed E-state index contributed by atoms with van der Waals surface area (Å²) >= 11 is 0. The number of rotatable bonds is 2. The molecule has 0 radical (unpaired) electrons. The number of carbonyl (C=O) groups is 2. The zero-order valence-electron chi connectivity index (χ0n) is 7.29. The Labute approximate surface area is 71.3 Å². The highest BCUT2D eigenvalue weighted by atomic mass is 16.5. The first-order valence-corrected chi connectivity index (χ1v) is 4.06. The number of hydrogen-bond acceptors (Lipinski definition) is 3. The first kappa shape index (κ1) is 9.03. The number of cyclic esters (lactones) is 1. The summed E-state index contributed by atoms with van der Waals surface area (Å²) in [7, 11) is 0. The van der Waals surface area contributed by atoms with E-state index in [0.29, 0.717) is 12.8 Å². The third-order valence-electron chi connectivity index (χ3n) is 1.90. The Kier molecular flexibility index (Phi) is 2.68. The van der Waals surface area contributed by atoms with E-state index >= 15 is 0 Å². The smallest absolute Gasteiger partial charge is 0.306 e. The fourth-order valence-electron chi connectivity index (χ4n) is 1.31. The molecule has 1 amide bonds. The molecule has 1 aliphatic rings. The average Bonchev–Trinajstić information content (AvgIpc) is 2.34. The zero-order chi connectivity index (χ0) is 9.14. The van der Waals surface area contributed by atoms with Crippen LogP contribution in [0.4, 0.5) is 0 Å². The van der Waals surface area contributed by atoms with Gasteiger partial charge in [0.1, 0.15) is 6.10 Å². The van der Waals surface area contributed by atoms with E-state index in [-0.39, 0.29) is 24.0 Å². The summed E-state index contributed by atoms with van der Waals surface area (Å²) < 4.78 is 4.97. The Balaban J connectivity index is 2.37. The molecule has 0 aliphatic carbocycles. The molecule has 0 aromatic heterocycles. The summed E-state index contributed by atoms with van der Waals surface area (Å²) in [6, 6.07) is -0.0750. The molecule has 1 N–H and O–H groups in total. The van der Waals surface area contributed by atoms with Crippen LogP contribution in [0.3, 0.4) is 0 Å². The molecule has 1 rings (SSSR count). The maximum absolute atomic E-state index is 10.7. The number of amides is 1. The van der Waals surface area contributed by atoms with Crippen molar-refractivity contribution in [3.8, 4) is 0 Å². The Hall–Kier alpha value is -1.06. The lowest BCUT2D eigenvalue weighted by Crippen LogP contribution is -2.39. The van der Waals surface area contributed by atoms with Gasteiger partial charge in [0.25, 0.3) is 0 Å². The van der Waals surface area contributed by atoms with E-state index in [2.05, 4.69) is 5.32 Å². The van der Waals surface area contributed by atoms with Crippen molar-refractivity contribution in [1.29, 1.82) is 0 Å². The highest BCUT2D eigenvalue weighted by Gasteiger charge is 2.28. The zero-order valence-corrected chi connectivity index (χ0v) is 7.29. The molecule has 4 heteroatoms. The molecule has 1 heterocycles. The summed E-state index contributed by atoms with van der Waals surface area (Å²) in [6.45, 7) is 3.29. The second kappa shape index (κ2) is 3.56.